The van der Waals surface area contributed by atoms with Crippen molar-refractivity contribution in [1.29, 1.82) is 0 Å². The molecule has 1 aromatic carbocycles. The Hall–Kier alpha value is -2.20. The number of ether oxygens (including phenoxy) is 1. The molecule has 1 N–H and O–H groups in total. The molecular weight excluding hydrogens is 302 g/mol. The molecule has 0 radical (unpaired) electrons. The second-order valence-electron chi connectivity index (χ2n) is 6.12. The number of esters is 1. The quantitative estimate of drug-likeness (QED) is 0.787. The van der Waals surface area contributed by atoms with Crippen LogP contribution in [-0.4, -0.2) is 21.7 Å². The number of carbonyl (C=O) groups excluding carboxylic acids is 1. The van der Waals surface area contributed by atoms with Crippen molar-refractivity contribution < 1.29 is 14.6 Å². The monoisotopic (exact) mass is 327 g/mol. The molecule has 0 aliphatic carbocycles. The molecule has 1 unspecified atom stereocenters. The summed E-state index contributed by atoms with van der Waals surface area (Å²) in [6, 6.07) is 11.3. The number of carbonyl (C=O) groups is 1. The Morgan fingerprint density at radius 2 is 1.71 bits per heavy atom. The molecule has 1 atom stereocenters. The number of benzene rings is 1. The standard InChI is InChI=1S/C20H25NO3/c1-4-20(23,5-2)18(17-8-6-15(3)7-9-17)19(22)24-14-16-10-12-21-13-11-16/h6-13,18,23H,4-5,14H2,1-3H3. The Morgan fingerprint density at radius 1 is 1.12 bits per heavy atom. The predicted octanol–water partition coefficient (Wildman–Crippen LogP) is 3.77. The first kappa shape index (κ1) is 18.1. The molecule has 2 aromatic rings. The maximum Gasteiger partial charge on any atom is 0.316 e. The van der Waals surface area contributed by atoms with Crippen LogP contribution >= 0.6 is 0 Å². The van der Waals surface area contributed by atoms with Gasteiger partial charge in [-0.2, -0.15) is 0 Å². The summed E-state index contributed by atoms with van der Waals surface area (Å²) in [5.74, 6) is -1.10. The molecule has 0 aliphatic rings. The predicted molar refractivity (Wildman–Crippen MR) is 93.5 cm³/mol. The number of nitrogens with zero attached hydrogens (tertiary/aromatic N) is 1. The first-order valence-corrected chi connectivity index (χ1v) is 8.34. The summed E-state index contributed by atoms with van der Waals surface area (Å²) in [6.07, 6.45) is 4.28. The summed E-state index contributed by atoms with van der Waals surface area (Å²) < 4.78 is 5.50. The Bertz CT molecular complexity index is 648. The molecular formula is C20H25NO3. The highest BCUT2D eigenvalue weighted by atomic mass is 16.5. The molecule has 0 saturated carbocycles. The minimum absolute atomic E-state index is 0.174. The molecule has 0 bridgehead atoms. The first-order chi connectivity index (χ1) is 11.5. The van der Waals surface area contributed by atoms with E-state index in [0.717, 1.165) is 16.7 Å². The van der Waals surface area contributed by atoms with Crippen LogP contribution in [0.3, 0.4) is 0 Å². The summed E-state index contributed by atoms with van der Waals surface area (Å²) in [5.41, 5.74) is 1.65. The van der Waals surface area contributed by atoms with Gasteiger partial charge in [0, 0.05) is 12.4 Å². The lowest BCUT2D eigenvalue weighted by molar-refractivity contribution is -0.154. The van der Waals surface area contributed by atoms with Crippen molar-refractivity contribution >= 4 is 5.97 Å². The van der Waals surface area contributed by atoms with Gasteiger partial charge in [-0.15, -0.1) is 0 Å². The Morgan fingerprint density at radius 3 is 2.25 bits per heavy atom. The van der Waals surface area contributed by atoms with Crippen molar-refractivity contribution in [3.05, 3.63) is 65.5 Å². The van der Waals surface area contributed by atoms with Gasteiger partial charge in [-0.05, 0) is 43.0 Å². The number of aliphatic hydroxyl groups is 1. The normalized spacial score (nSPS) is 12.7. The van der Waals surface area contributed by atoms with E-state index in [2.05, 4.69) is 4.98 Å². The van der Waals surface area contributed by atoms with Gasteiger partial charge in [-0.3, -0.25) is 9.78 Å². The number of rotatable bonds is 7. The van der Waals surface area contributed by atoms with Gasteiger partial charge >= 0.3 is 5.97 Å². The zero-order valence-corrected chi connectivity index (χ0v) is 14.5. The molecule has 0 fully saturated rings. The van der Waals surface area contributed by atoms with Crippen LogP contribution in [0, 0.1) is 6.92 Å². The highest BCUT2D eigenvalue weighted by Crippen LogP contribution is 2.35. The van der Waals surface area contributed by atoms with Gasteiger partial charge in [0.25, 0.3) is 0 Å². The highest BCUT2D eigenvalue weighted by Gasteiger charge is 2.40. The van der Waals surface area contributed by atoms with Gasteiger partial charge in [-0.25, -0.2) is 0 Å². The summed E-state index contributed by atoms with van der Waals surface area (Å²) >= 11 is 0. The fraction of sp³-hybridized carbons (Fsp3) is 0.400. The smallest absolute Gasteiger partial charge is 0.316 e. The van der Waals surface area contributed by atoms with Gasteiger partial charge in [0.15, 0.2) is 0 Å². The molecule has 0 spiro atoms. The average molecular weight is 327 g/mol. The lowest BCUT2D eigenvalue weighted by Crippen LogP contribution is -2.40. The number of pyridine rings is 1. The van der Waals surface area contributed by atoms with E-state index in [0.29, 0.717) is 12.8 Å². The van der Waals surface area contributed by atoms with Crippen molar-refractivity contribution in [2.75, 3.05) is 0 Å². The zero-order chi connectivity index (χ0) is 17.6. The second-order valence-corrected chi connectivity index (χ2v) is 6.12. The summed E-state index contributed by atoms with van der Waals surface area (Å²) in [7, 11) is 0. The lowest BCUT2D eigenvalue weighted by atomic mass is 9.78. The van der Waals surface area contributed by atoms with Gasteiger partial charge in [0.05, 0.1) is 5.60 Å². The third-order valence-corrected chi connectivity index (χ3v) is 4.54. The fourth-order valence-electron chi connectivity index (χ4n) is 2.80. The van der Waals surface area contributed by atoms with E-state index in [1.165, 1.54) is 0 Å². The van der Waals surface area contributed by atoms with E-state index in [9.17, 15) is 9.90 Å². The number of hydrogen-bond donors (Lipinski definition) is 1. The van der Waals surface area contributed by atoms with Crippen molar-refractivity contribution in [2.45, 2.75) is 51.7 Å². The molecule has 0 amide bonds. The van der Waals surface area contributed by atoms with Crippen LogP contribution < -0.4 is 0 Å². The number of aromatic nitrogens is 1. The molecule has 1 aromatic heterocycles. The Balaban J connectivity index is 2.24. The van der Waals surface area contributed by atoms with E-state index < -0.39 is 17.5 Å². The minimum atomic E-state index is -1.12. The fourth-order valence-corrected chi connectivity index (χ4v) is 2.80. The summed E-state index contributed by atoms with van der Waals surface area (Å²) in [4.78, 5) is 16.7. The topological polar surface area (TPSA) is 59.4 Å². The van der Waals surface area contributed by atoms with Crippen LogP contribution in [0.1, 0.15) is 49.3 Å². The van der Waals surface area contributed by atoms with Gasteiger partial charge in [0.2, 0.25) is 0 Å². The number of hydrogen-bond acceptors (Lipinski definition) is 4. The largest absolute Gasteiger partial charge is 0.460 e. The van der Waals surface area contributed by atoms with Crippen LogP contribution in [-0.2, 0) is 16.1 Å². The van der Waals surface area contributed by atoms with Crippen LogP contribution in [0.25, 0.3) is 0 Å². The number of aryl methyl sites for hydroxylation is 1. The van der Waals surface area contributed by atoms with E-state index >= 15 is 0 Å². The van der Waals surface area contributed by atoms with E-state index in [1.54, 1.807) is 24.5 Å². The SMILES string of the molecule is CCC(O)(CC)C(C(=O)OCc1ccncc1)c1ccc(C)cc1. The van der Waals surface area contributed by atoms with Crippen LogP contribution in [0.5, 0.6) is 0 Å². The summed E-state index contributed by atoms with van der Waals surface area (Å²) in [5, 5.41) is 11.0. The van der Waals surface area contributed by atoms with Gasteiger partial charge in [0.1, 0.15) is 12.5 Å². The molecule has 2 rings (SSSR count). The molecule has 128 valence electrons. The van der Waals surface area contributed by atoms with E-state index in [1.807, 2.05) is 45.0 Å². The van der Waals surface area contributed by atoms with Crippen molar-refractivity contribution in [2.24, 2.45) is 0 Å². The Kier molecular flexibility index (Phi) is 6.10. The van der Waals surface area contributed by atoms with Crippen LogP contribution in [0.15, 0.2) is 48.8 Å². The molecule has 1 heterocycles. The van der Waals surface area contributed by atoms with E-state index in [-0.39, 0.29) is 6.61 Å². The van der Waals surface area contributed by atoms with Crippen LogP contribution in [0.4, 0.5) is 0 Å². The third kappa shape index (κ3) is 4.20. The second kappa shape index (κ2) is 8.06. The molecule has 4 nitrogen and oxygen atoms in total. The summed E-state index contributed by atoms with van der Waals surface area (Å²) in [6.45, 7) is 5.95. The third-order valence-electron chi connectivity index (χ3n) is 4.54. The van der Waals surface area contributed by atoms with Crippen LogP contribution in [0.2, 0.25) is 0 Å². The molecule has 4 heteroatoms. The van der Waals surface area contributed by atoms with Gasteiger partial charge in [-0.1, -0.05) is 43.7 Å². The average Bonchev–Trinajstić information content (AvgIpc) is 2.62. The lowest BCUT2D eigenvalue weighted by Gasteiger charge is -2.33. The molecule has 0 saturated heterocycles. The minimum Gasteiger partial charge on any atom is -0.460 e. The Labute approximate surface area is 143 Å². The first-order valence-electron chi connectivity index (χ1n) is 8.34. The van der Waals surface area contributed by atoms with Crippen molar-refractivity contribution in [3.8, 4) is 0 Å². The zero-order valence-electron chi connectivity index (χ0n) is 14.5. The van der Waals surface area contributed by atoms with Crippen molar-refractivity contribution in [3.63, 3.8) is 0 Å². The highest BCUT2D eigenvalue weighted by molar-refractivity contribution is 5.80. The maximum atomic E-state index is 12.8. The van der Waals surface area contributed by atoms with E-state index in [4.69, 9.17) is 4.74 Å². The molecule has 0 aliphatic heterocycles. The van der Waals surface area contributed by atoms with Crippen molar-refractivity contribution in [1.82, 2.24) is 4.98 Å². The van der Waals surface area contributed by atoms with Gasteiger partial charge < -0.3 is 9.84 Å². The maximum absolute atomic E-state index is 12.8. The molecule has 24 heavy (non-hydrogen) atoms.